The van der Waals surface area contributed by atoms with Crippen LogP contribution >= 0.6 is 0 Å². The molecule has 3 N–H and O–H groups in total. The lowest BCUT2D eigenvalue weighted by atomic mass is 10.0. The smallest absolute Gasteiger partial charge is 0.306 e. The number of hydrogen-bond acceptors (Lipinski definition) is 5. The van der Waals surface area contributed by atoms with E-state index >= 15 is 0 Å². The van der Waals surface area contributed by atoms with E-state index in [9.17, 15) is 19.8 Å². The third-order valence-corrected chi connectivity index (χ3v) is 12.8. The van der Waals surface area contributed by atoms with Crippen molar-refractivity contribution in [2.75, 3.05) is 6.61 Å². The van der Waals surface area contributed by atoms with Gasteiger partial charge in [0.15, 0.2) is 0 Å². The summed E-state index contributed by atoms with van der Waals surface area (Å²) in [5.41, 5.74) is 0. The minimum absolute atomic E-state index is 0.0839. The summed E-state index contributed by atoms with van der Waals surface area (Å²) in [6.45, 7) is 6.50. The number of amides is 1. The van der Waals surface area contributed by atoms with E-state index in [0.717, 1.165) is 44.9 Å². The molecule has 6 heteroatoms. The second kappa shape index (κ2) is 49.6. The third kappa shape index (κ3) is 45.0. The second-order valence-corrected chi connectivity index (χ2v) is 19.0. The summed E-state index contributed by atoms with van der Waals surface area (Å²) in [7, 11) is 0. The number of hydrogen-bond donors (Lipinski definition) is 3. The number of unbranched alkanes of at least 4 members (excludes halogenated alkanes) is 36. The molecule has 0 radical (unpaired) electrons. The van der Waals surface area contributed by atoms with Crippen LogP contribution in [-0.4, -0.2) is 46.9 Å². The predicted molar refractivity (Wildman–Crippen MR) is 264 cm³/mol. The molecule has 0 aliphatic carbocycles. The lowest BCUT2D eigenvalue weighted by Gasteiger charge is -2.24. The highest BCUT2D eigenvalue weighted by molar-refractivity contribution is 5.77. The maximum absolute atomic E-state index is 13.2. The topological polar surface area (TPSA) is 95.9 Å². The second-order valence-electron chi connectivity index (χ2n) is 19.0. The number of allylic oxidation sites excluding steroid dienone is 2. The minimum atomic E-state index is -0.781. The molecule has 61 heavy (non-hydrogen) atoms. The van der Waals surface area contributed by atoms with Crippen LogP contribution in [0.2, 0.25) is 0 Å². The molecule has 3 unspecified atom stereocenters. The highest BCUT2D eigenvalue weighted by Crippen LogP contribution is 2.19. The Labute approximate surface area is 380 Å². The van der Waals surface area contributed by atoms with Crippen LogP contribution in [0.1, 0.15) is 303 Å². The molecule has 0 aliphatic rings. The summed E-state index contributed by atoms with van der Waals surface area (Å²) in [5, 5.41) is 23.8. The van der Waals surface area contributed by atoms with Crippen LogP contribution in [0.15, 0.2) is 12.2 Å². The molecule has 0 aromatic rings. The van der Waals surface area contributed by atoms with Gasteiger partial charge in [0.2, 0.25) is 5.91 Å². The van der Waals surface area contributed by atoms with E-state index in [-0.39, 0.29) is 24.9 Å². The Kier molecular flexibility index (Phi) is 48.5. The number of nitrogens with one attached hydrogen (secondary N) is 1. The molecule has 0 aromatic heterocycles. The van der Waals surface area contributed by atoms with Gasteiger partial charge in [-0.3, -0.25) is 9.59 Å². The Morgan fingerprint density at radius 2 is 0.787 bits per heavy atom. The van der Waals surface area contributed by atoms with Crippen molar-refractivity contribution in [2.45, 2.75) is 322 Å². The van der Waals surface area contributed by atoms with E-state index in [0.29, 0.717) is 19.3 Å². The summed E-state index contributed by atoms with van der Waals surface area (Å²) in [5.74, 6) is -0.458. The zero-order chi connectivity index (χ0) is 44.5. The van der Waals surface area contributed by atoms with Crippen LogP contribution in [0.5, 0.6) is 0 Å². The van der Waals surface area contributed by atoms with Gasteiger partial charge >= 0.3 is 5.97 Å². The summed E-state index contributed by atoms with van der Waals surface area (Å²) in [6, 6.07) is -0.694. The first-order chi connectivity index (χ1) is 30.0. The molecule has 0 fully saturated rings. The van der Waals surface area contributed by atoms with E-state index in [4.69, 9.17) is 4.74 Å². The molecule has 0 spiro atoms. The number of carbonyl (C=O) groups is 2. The lowest BCUT2D eigenvalue weighted by molar-refractivity contribution is -0.151. The first-order valence-corrected chi connectivity index (χ1v) is 27.4. The fourth-order valence-corrected chi connectivity index (χ4v) is 8.66. The Hall–Kier alpha value is -1.40. The molecule has 0 bridgehead atoms. The third-order valence-electron chi connectivity index (χ3n) is 12.8. The number of ether oxygens (including phenoxy) is 1. The molecule has 362 valence electrons. The molecule has 1 amide bonds. The quantitative estimate of drug-likeness (QED) is 0.0322. The number of esters is 1. The van der Waals surface area contributed by atoms with Crippen molar-refractivity contribution in [3.8, 4) is 0 Å². The fourth-order valence-electron chi connectivity index (χ4n) is 8.66. The van der Waals surface area contributed by atoms with Gasteiger partial charge in [-0.15, -0.1) is 0 Å². The van der Waals surface area contributed by atoms with Crippen molar-refractivity contribution in [1.29, 1.82) is 0 Å². The average Bonchev–Trinajstić information content (AvgIpc) is 3.25. The summed E-state index contributed by atoms with van der Waals surface area (Å²) < 4.78 is 5.94. The molecular weight excluding hydrogens is 755 g/mol. The average molecular weight is 862 g/mol. The largest absolute Gasteiger partial charge is 0.462 e. The van der Waals surface area contributed by atoms with Gasteiger partial charge in [0.25, 0.3) is 0 Å². The first kappa shape index (κ1) is 59.6. The van der Waals surface area contributed by atoms with E-state index in [1.54, 1.807) is 0 Å². The van der Waals surface area contributed by atoms with E-state index in [2.05, 4.69) is 38.2 Å². The minimum Gasteiger partial charge on any atom is -0.462 e. The molecular formula is C55H107NO5. The molecule has 6 nitrogen and oxygen atoms in total. The van der Waals surface area contributed by atoms with Gasteiger partial charge in [0, 0.05) is 6.42 Å². The maximum atomic E-state index is 13.2. The van der Waals surface area contributed by atoms with Crippen molar-refractivity contribution in [1.82, 2.24) is 5.32 Å². The van der Waals surface area contributed by atoms with Crippen molar-refractivity contribution in [3.63, 3.8) is 0 Å². The molecule has 0 rings (SSSR count). The number of aliphatic hydroxyl groups excluding tert-OH is 2. The summed E-state index contributed by atoms with van der Waals surface area (Å²) in [4.78, 5) is 26.1. The molecule has 0 saturated carbocycles. The van der Waals surface area contributed by atoms with Crippen LogP contribution in [-0.2, 0) is 14.3 Å². The van der Waals surface area contributed by atoms with E-state index in [1.807, 2.05) is 0 Å². The molecule has 0 aliphatic heterocycles. The first-order valence-electron chi connectivity index (χ1n) is 27.4. The van der Waals surface area contributed by atoms with Gasteiger partial charge in [-0.25, -0.2) is 0 Å². The monoisotopic (exact) mass is 862 g/mol. The van der Waals surface area contributed by atoms with Gasteiger partial charge in [-0.05, 0) is 51.4 Å². The van der Waals surface area contributed by atoms with E-state index in [1.165, 1.54) is 212 Å². The lowest BCUT2D eigenvalue weighted by Crippen LogP contribution is -2.46. The number of aliphatic hydroxyl groups is 2. The van der Waals surface area contributed by atoms with Gasteiger partial charge in [0.1, 0.15) is 6.10 Å². The fraction of sp³-hybridized carbons (Fsp3) is 0.927. The molecule has 3 atom stereocenters. The Balaban J connectivity index is 4.40. The zero-order valence-corrected chi connectivity index (χ0v) is 41.3. The number of rotatable bonds is 50. The van der Waals surface area contributed by atoms with Gasteiger partial charge in [-0.1, -0.05) is 251 Å². The Morgan fingerprint density at radius 1 is 0.459 bits per heavy atom. The molecule has 0 aromatic carbocycles. The maximum Gasteiger partial charge on any atom is 0.306 e. The van der Waals surface area contributed by atoms with Crippen molar-refractivity contribution >= 4 is 11.9 Å². The SMILES string of the molecule is CCCCCCCC/C=C/CCCCCCCCCCCC(=O)OC(CCCCCCCCCCCC)CC(=O)NC(CO)C(O)CCCCCCCCCCCCCCC. The van der Waals surface area contributed by atoms with E-state index < -0.39 is 18.2 Å². The standard InChI is InChI=1S/C55H107NO5/c1-4-7-10-13-16-19-22-24-25-26-27-28-29-31-33-36-39-42-45-48-55(60)61-51(46-43-40-37-34-21-18-15-12-9-6-3)49-54(59)56-52(50-57)53(58)47-44-41-38-35-32-30-23-20-17-14-11-8-5-2/h24-25,51-53,57-58H,4-23,26-50H2,1-3H3,(H,56,59)/b25-24+. The molecule has 0 heterocycles. The van der Waals surface area contributed by atoms with Crippen molar-refractivity contribution in [2.24, 2.45) is 0 Å². The van der Waals surface area contributed by atoms with Crippen LogP contribution < -0.4 is 5.32 Å². The van der Waals surface area contributed by atoms with Crippen LogP contribution in [0.25, 0.3) is 0 Å². The number of carbonyl (C=O) groups excluding carboxylic acids is 2. The van der Waals surface area contributed by atoms with Crippen LogP contribution in [0.3, 0.4) is 0 Å². The van der Waals surface area contributed by atoms with Gasteiger partial charge in [-0.2, -0.15) is 0 Å². The van der Waals surface area contributed by atoms with Gasteiger partial charge < -0.3 is 20.3 Å². The highest BCUT2D eigenvalue weighted by Gasteiger charge is 2.24. The van der Waals surface area contributed by atoms with Crippen LogP contribution in [0.4, 0.5) is 0 Å². The van der Waals surface area contributed by atoms with Crippen LogP contribution in [0, 0.1) is 0 Å². The Bertz CT molecular complexity index is 924. The normalized spacial score (nSPS) is 13.2. The highest BCUT2D eigenvalue weighted by atomic mass is 16.5. The summed E-state index contributed by atoms with van der Waals surface area (Å²) in [6.07, 6.45) is 55.6. The van der Waals surface area contributed by atoms with Crippen molar-refractivity contribution in [3.05, 3.63) is 12.2 Å². The van der Waals surface area contributed by atoms with Crippen molar-refractivity contribution < 1.29 is 24.5 Å². The Morgan fingerprint density at radius 3 is 1.16 bits per heavy atom. The van der Waals surface area contributed by atoms with Gasteiger partial charge in [0.05, 0.1) is 25.2 Å². The summed E-state index contributed by atoms with van der Waals surface area (Å²) >= 11 is 0. The zero-order valence-electron chi connectivity index (χ0n) is 41.3. The predicted octanol–water partition coefficient (Wildman–Crippen LogP) is 16.5. The molecule has 0 saturated heterocycles.